The first-order chi connectivity index (χ1) is 8.70. The van der Waals surface area contributed by atoms with Crippen LogP contribution < -0.4 is 5.43 Å². The molecule has 0 amide bonds. The lowest BCUT2D eigenvalue weighted by Crippen LogP contribution is -1.97. The van der Waals surface area contributed by atoms with E-state index in [1.165, 1.54) is 0 Å². The minimum atomic E-state index is 0.00815. The Hall–Kier alpha value is -1.38. The van der Waals surface area contributed by atoms with Gasteiger partial charge in [-0.25, -0.2) is 0 Å². The highest BCUT2D eigenvalue weighted by atomic mass is 79.9. The quantitative estimate of drug-likeness (QED) is 0.583. The number of hydrogen-bond acceptors (Lipinski definition) is 1. The second-order valence-corrected chi connectivity index (χ2v) is 5.22. The summed E-state index contributed by atoms with van der Waals surface area (Å²) in [5.41, 5.74) is 0.00815. The van der Waals surface area contributed by atoms with E-state index in [4.69, 9.17) is 11.6 Å². The summed E-state index contributed by atoms with van der Waals surface area (Å²) >= 11 is 9.87. The number of rotatable bonds is 0. The monoisotopic (exact) mass is 318 g/mol. The van der Waals surface area contributed by atoms with Crippen molar-refractivity contribution in [3.8, 4) is 0 Å². The van der Waals surface area contributed by atoms with E-state index in [2.05, 4.69) is 15.9 Å². The molecule has 0 atom stereocenters. The Labute approximate surface area is 117 Å². The van der Waals surface area contributed by atoms with Crippen molar-refractivity contribution in [2.75, 3.05) is 0 Å². The van der Waals surface area contributed by atoms with Crippen molar-refractivity contribution in [2.24, 2.45) is 0 Å². The van der Waals surface area contributed by atoms with Gasteiger partial charge < -0.3 is 0 Å². The Morgan fingerprint density at radius 2 is 1.22 bits per heavy atom. The summed E-state index contributed by atoms with van der Waals surface area (Å²) in [6.07, 6.45) is 0. The fourth-order valence-corrected chi connectivity index (χ4v) is 2.95. The van der Waals surface area contributed by atoms with E-state index in [1.807, 2.05) is 48.5 Å². The molecule has 3 heteroatoms. The minimum Gasteiger partial charge on any atom is -0.289 e. The van der Waals surface area contributed by atoms with E-state index < -0.39 is 0 Å². The molecule has 0 bridgehead atoms. The molecule has 88 valence electrons. The fraction of sp³-hybridized carbons (Fsp3) is 0. The molecule has 3 rings (SSSR count). The SMILES string of the molecule is O=c1c2ccccc2c(Cl)c(Br)c2ccccc12. The maximum absolute atomic E-state index is 12.5. The molecular formula is C15H8BrClO. The van der Waals surface area contributed by atoms with Crippen LogP contribution >= 0.6 is 27.5 Å². The molecule has 0 aromatic heterocycles. The molecule has 0 saturated carbocycles. The third-order valence-corrected chi connectivity index (χ3v) is 4.45. The highest BCUT2D eigenvalue weighted by Crippen LogP contribution is 2.33. The first-order valence-electron chi connectivity index (χ1n) is 5.49. The van der Waals surface area contributed by atoms with Gasteiger partial charge in [-0.1, -0.05) is 60.1 Å². The van der Waals surface area contributed by atoms with E-state index >= 15 is 0 Å². The molecule has 0 heterocycles. The molecular weight excluding hydrogens is 312 g/mol. The number of halogens is 2. The Morgan fingerprint density at radius 3 is 1.83 bits per heavy atom. The van der Waals surface area contributed by atoms with E-state index in [1.54, 1.807) is 0 Å². The van der Waals surface area contributed by atoms with Gasteiger partial charge in [0.1, 0.15) is 0 Å². The van der Waals surface area contributed by atoms with Crippen LogP contribution in [-0.2, 0) is 0 Å². The maximum atomic E-state index is 12.5. The van der Waals surface area contributed by atoms with Crippen LogP contribution in [0.5, 0.6) is 0 Å². The Morgan fingerprint density at radius 1 is 0.778 bits per heavy atom. The standard InChI is InChI=1S/C15H8BrClO/c16-13-9-5-1-3-7-11(9)15(18)12-8-4-2-6-10(12)14(13)17/h1-8H. The number of fused-ring (bicyclic) bond motifs is 2. The van der Waals surface area contributed by atoms with Crippen LogP contribution in [0, 0.1) is 0 Å². The zero-order chi connectivity index (χ0) is 12.7. The maximum Gasteiger partial charge on any atom is 0.194 e. The van der Waals surface area contributed by atoms with Crippen LogP contribution in [0.4, 0.5) is 0 Å². The molecule has 0 fully saturated rings. The second kappa shape index (κ2) is 4.38. The van der Waals surface area contributed by atoms with E-state index in [-0.39, 0.29) is 5.43 Å². The van der Waals surface area contributed by atoms with Crippen molar-refractivity contribution >= 4 is 49.1 Å². The molecule has 3 aromatic carbocycles. The van der Waals surface area contributed by atoms with Crippen LogP contribution in [0.25, 0.3) is 21.5 Å². The number of benzene rings is 2. The van der Waals surface area contributed by atoms with Gasteiger partial charge in [0.2, 0.25) is 0 Å². The second-order valence-electron chi connectivity index (χ2n) is 4.05. The Balaban J connectivity index is 2.79. The molecule has 0 aliphatic carbocycles. The zero-order valence-electron chi connectivity index (χ0n) is 9.28. The smallest absolute Gasteiger partial charge is 0.194 e. The molecule has 0 aliphatic heterocycles. The van der Waals surface area contributed by atoms with Crippen molar-refractivity contribution in [2.45, 2.75) is 0 Å². The highest BCUT2D eigenvalue weighted by molar-refractivity contribution is 9.10. The van der Waals surface area contributed by atoms with Gasteiger partial charge in [0.15, 0.2) is 5.43 Å². The van der Waals surface area contributed by atoms with Gasteiger partial charge in [0.25, 0.3) is 0 Å². The first-order valence-corrected chi connectivity index (χ1v) is 6.66. The molecule has 1 nitrogen and oxygen atoms in total. The molecule has 3 aromatic rings. The lowest BCUT2D eigenvalue weighted by Gasteiger charge is -1.96. The first kappa shape index (κ1) is 11.7. The largest absolute Gasteiger partial charge is 0.289 e. The van der Waals surface area contributed by atoms with Gasteiger partial charge in [-0.2, -0.15) is 0 Å². The summed E-state index contributed by atoms with van der Waals surface area (Å²) in [4.78, 5) is 12.5. The predicted octanol–water partition coefficient (Wildman–Crippen LogP) is 4.77. The summed E-state index contributed by atoms with van der Waals surface area (Å²) in [7, 11) is 0. The highest BCUT2D eigenvalue weighted by Gasteiger charge is 2.10. The van der Waals surface area contributed by atoms with Crippen LogP contribution in [0.2, 0.25) is 5.02 Å². The average Bonchev–Trinajstić information content (AvgIpc) is 2.51. The van der Waals surface area contributed by atoms with Crippen molar-refractivity contribution in [3.63, 3.8) is 0 Å². The topological polar surface area (TPSA) is 17.1 Å². The van der Waals surface area contributed by atoms with Crippen LogP contribution in [0.1, 0.15) is 0 Å². The fourth-order valence-electron chi connectivity index (χ4n) is 2.13. The van der Waals surface area contributed by atoms with Gasteiger partial charge in [-0.05, 0) is 15.9 Å². The lowest BCUT2D eigenvalue weighted by atomic mass is 10.1. The molecule has 0 spiro atoms. The summed E-state index contributed by atoms with van der Waals surface area (Å²) in [5.74, 6) is 0. The molecule has 0 unspecified atom stereocenters. The minimum absolute atomic E-state index is 0.00815. The van der Waals surface area contributed by atoms with Crippen molar-refractivity contribution < 1.29 is 0 Å². The van der Waals surface area contributed by atoms with Crippen molar-refractivity contribution in [1.82, 2.24) is 0 Å². The molecule has 18 heavy (non-hydrogen) atoms. The van der Waals surface area contributed by atoms with Gasteiger partial charge in [-0.3, -0.25) is 4.79 Å². The summed E-state index contributed by atoms with van der Waals surface area (Å²) < 4.78 is 0.762. The lowest BCUT2D eigenvalue weighted by molar-refractivity contribution is 1.74. The summed E-state index contributed by atoms with van der Waals surface area (Å²) in [6, 6.07) is 14.9. The molecule has 0 radical (unpaired) electrons. The van der Waals surface area contributed by atoms with Gasteiger partial charge >= 0.3 is 0 Å². The van der Waals surface area contributed by atoms with Gasteiger partial charge in [0, 0.05) is 26.0 Å². The Kier molecular flexibility index (Phi) is 2.84. The Bertz CT molecular complexity index is 760. The third kappa shape index (κ3) is 1.64. The van der Waals surface area contributed by atoms with Crippen LogP contribution in [-0.4, -0.2) is 0 Å². The summed E-state index contributed by atoms with van der Waals surface area (Å²) in [5, 5.41) is 3.50. The van der Waals surface area contributed by atoms with E-state index in [9.17, 15) is 4.79 Å². The van der Waals surface area contributed by atoms with E-state index in [0.717, 1.165) is 15.2 Å². The van der Waals surface area contributed by atoms with E-state index in [0.29, 0.717) is 15.8 Å². The third-order valence-electron chi connectivity index (χ3n) is 3.01. The van der Waals surface area contributed by atoms with Crippen molar-refractivity contribution in [3.05, 3.63) is 68.2 Å². The predicted molar refractivity (Wildman–Crippen MR) is 80.4 cm³/mol. The molecule has 0 aliphatic rings. The number of hydrogen-bond donors (Lipinski definition) is 0. The van der Waals surface area contributed by atoms with Crippen LogP contribution in [0.15, 0.2) is 57.8 Å². The van der Waals surface area contributed by atoms with Crippen molar-refractivity contribution in [1.29, 1.82) is 0 Å². The van der Waals surface area contributed by atoms with Gasteiger partial charge in [-0.15, -0.1) is 0 Å². The molecule has 0 saturated heterocycles. The normalized spacial score (nSPS) is 11.0. The average molecular weight is 320 g/mol. The van der Waals surface area contributed by atoms with Gasteiger partial charge in [0.05, 0.1) is 5.02 Å². The summed E-state index contributed by atoms with van der Waals surface area (Å²) in [6.45, 7) is 0. The molecule has 0 N–H and O–H groups in total. The van der Waals surface area contributed by atoms with Crippen LogP contribution in [0.3, 0.4) is 0 Å². The zero-order valence-corrected chi connectivity index (χ0v) is 11.6.